The first kappa shape index (κ1) is 13.2. The fourth-order valence-electron chi connectivity index (χ4n) is 2.85. The van der Waals surface area contributed by atoms with Gasteiger partial charge in [0.2, 0.25) is 0 Å². The third-order valence-electron chi connectivity index (χ3n) is 3.84. The highest BCUT2D eigenvalue weighted by atomic mass is 15.3. The largest absolute Gasteiger partial charge is 0.310 e. The summed E-state index contributed by atoms with van der Waals surface area (Å²) in [6.07, 6.45) is 13.1. The summed E-state index contributed by atoms with van der Waals surface area (Å²) in [4.78, 5) is 8.51. The van der Waals surface area contributed by atoms with E-state index in [1.165, 1.54) is 30.5 Å². The molecule has 0 spiro atoms. The van der Waals surface area contributed by atoms with Gasteiger partial charge in [-0.15, -0.1) is 0 Å². The fraction of sp³-hybridized carbons (Fsp3) is 0.533. The van der Waals surface area contributed by atoms with Gasteiger partial charge in [0.25, 0.3) is 0 Å². The number of hydrogen-bond donors (Lipinski definition) is 1. The van der Waals surface area contributed by atoms with Crippen LogP contribution >= 0.6 is 0 Å². The Morgan fingerprint density at radius 1 is 1.30 bits per heavy atom. The van der Waals surface area contributed by atoms with Gasteiger partial charge in [-0.2, -0.15) is 5.10 Å². The van der Waals surface area contributed by atoms with Crippen LogP contribution in [0.25, 0.3) is 5.82 Å². The fourth-order valence-corrected chi connectivity index (χ4v) is 2.85. The number of nitrogens with one attached hydrogen (secondary N) is 1. The molecule has 106 valence electrons. The van der Waals surface area contributed by atoms with Crippen LogP contribution in [0.5, 0.6) is 0 Å². The molecule has 0 aliphatic heterocycles. The SMILES string of the molecule is CCCNC1CCCCc2c1cnn2-c1cnccn1. The van der Waals surface area contributed by atoms with Crippen molar-refractivity contribution in [2.24, 2.45) is 0 Å². The minimum absolute atomic E-state index is 0.429. The highest BCUT2D eigenvalue weighted by molar-refractivity contribution is 5.30. The van der Waals surface area contributed by atoms with E-state index in [-0.39, 0.29) is 0 Å². The summed E-state index contributed by atoms with van der Waals surface area (Å²) in [6, 6.07) is 0.429. The molecule has 0 amide bonds. The van der Waals surface area contributed by atoms with Gasteiger partial charge in [-0.3, -0.25) is 4.98 Å². The van der Waals surface area contributed by atoms with Crippen LogP contribution in [0.4, 0.5) is 0 Å². The quantitative estimate of drug-likeness (QED) is 0.868. The molecule has 0 radical (unpaired) electrons. The summed E-state index contributed by atoms with van der Waals surface area (Å²) < 4.78 is 1.95. The molecule has 3 rings (SSSR count). The molecule has 5 nitrogen and oxygen atoms in total. The third kappa shape index (κ3) is 2.58. The van der Waals surface area contributed by atoms with Gasteiger partial charge in [-0.25, -0.2) is 9.67 Å². The standard InChI is InChI=1S/C15H21N5/c1-2-7-17-13-5-3-4-6-14-12(13)10-19-20(14)15-11-16-8-9-18-15/h8-11,13,17H,2-7H2,1H3. The van der Waals surface area contributed by atoms with Crippen molar-refractivity contribution in [3.05, 3.63) is 36.0 Å². The van der Waals surface area contributed by atoms with E-state index in [1.54, 1.807) is 18.6 Å². The van der Waals surface area contributed by atoms with E-state index in [4.69, 9.17) is 0 Å². The van der Waals surface area contributed by atoms with Crippen LogP contribution < -0.4 is 5.32 Å². The van der Waals surface area contributed by atoms with Crippen LogP contribution in [-0.2, 0) is 6.42 Å². The Bertz CT molecular complexity index is 549. The summed E-state index contributed by atoms with van der Waals surface area (Å²) >= 11 is 0. The number of rotatable bonds is 4. The van der Waals surface area contributed by atoms with E-state index in [0.717, 1.165) is 25.2 Å². The maximum absolute atomic E-state index is 4.54. The molecule has 1 atom stereocenters. The molecule has 1 N–H and O–H groups in total. The smallest absolute Gasteiger partial charge is 0.172 e. The van der Waals surface area contributed by atoms with Crippen molar-refractivity contribution in [3.63, 3.8) is 0 Å². The lowest BCUT2D eigenvalue weighted by molar-refractivity contribution is 0.489. The van der Waals surface area contributed by atoms with E-state index < -0.39 is 0 Å². The molecule has 1 unspecified atom stereocenters. The van der Waals surface area contributed by atoms with Crippen molar-refractivity contribution in [1.82, 2.24) is 25.1 Å². The van der Waals surface area contributed by atoms with E-state index in [0.29, 0.717) is 6.04 Å². The van der Waals surface area contributed by atoms with Gasteiger partial charge in [-0.05, 0) is 32.2 Å². The van der Waals surface area contributed by atoms with Crippen LogP contribution in [0.1, 0.15) is 49.9 Å². The molecule has 20 heavy (non-hydrogen) atoms. The predicted octanol–water partition coefficient (Wildman–Crippen LogP) is 2.43. The Kier molecular flexibility index (Phi) is 4.06. The average Bonchev–Trinajstić information content (AvgIpc) is 2.81. The van der Waals surface area contributed by atoms with E-state index >= 15 is 0 Å². The lowest BCUT2D eigenvalue weighted by Gasteiger charge is -2.16. The van der Waals surface area contributed by atoms with Crippen molar-refractivity contribution < 1.29 is 0 Å². The zero-order valence-electron chi connectivity index (χ0n) is 11.9. The molecular formula is C15H21N5. The van der Waals surface area contributed by atoms with Gasteiger partial charge < -0.3 is 5.32 Å². The molecular weight excluding hydrogens is 250 g/mol. The lowest BCUT2D eigenvalue weighted by atomic mass is 10.1. The number of aromatic nitrogens is 4. The van der Waals surface area contributed by atoms with E-state index in [2.05, 4.69) is 27.3 Å². The van der Waals surface area contributed by atoms with E-state index in [1.807, 2.05) is 10.9 Å². The molecule has 0 aromatic carbocycles. The second-order valence-electron chi connectivity index (χ2n) is 5.27. The maximum Gasteiger partial charge on any atom is 0.172 e. The minimum atomic E-state index is 0.429. The Balaban J connectivity index is 1.94. The first-order chi connectivity index (χ1) is 9.90. The number of hydrogen-bond acceptors (Lipinski definition) is 4. The summed E-state index contributed by atoms with van der Waals surface area (Å²) in [5.41, 5.74) is 2.62. The van der Waals surface area contributed by atoms with Crippen LogP contribution in [0, 0.1) is 0 Å². The van der Waals surface area contributed by atoms with Crippen molar-refractivity contribution in [3.8, 4) is 5.82 Å². The Labute approximate surface area is 119 Å². The van der Waals surface area contributed by atoms with Gasteiger partial charge in [0.1, 0.15) is 0 Å². The molecule has 2 aromatic rings. The molecule has 0 saturated carbocycles. The molecule has 1 aliphatic rings. The summed E-state index contributed by atoms with van der Waals surface area (Å²) in [7, 11) is 0. The first-order valence-electron chi connectivity index (χ1n) is 7.46. The second kappa shape index (κ2) is 6.13. The van der Waals surface area contributed by atoms with Crippen LogP contribution in [0.15, 0.2) is 24.8 Å². The Hall–Kier alpha value is -1.75. The number of fused-ring (bicyclic) bond motifs is 1. The molecule has 5 heteroatoms. The molecule has 0 saturated heterocycles. The van der Waals surface area contributed by atoms with Gasteiger partial charge in [-0.1, -0.05) is 13.3 Å². The highest BCUT2D eigenvalue weighted by Gasteiger charge is 2.22. The predicted molar refractivity (Wildman–Crippen MR) is 77.7 cm³/mol. The van der Waals surface area contributed by atoms with Crippen LogP contribution in [-0.4, -0.2) is 26.3 Å². The lowest BCUT2D eigenvalue weighted by Crippen LogP contribution is -2.22. The molecule has 2 aromatic heterocycles. The van der Waals surface area contributed by atoms with Gasteiger partial charge >= 0.3 is 0 Å². The monoisotopic (exact) mass is 271 g/mol. The minimum Gasteiger partial charge on any atom is -0.310 e. The summed E-state index contributed by atoms with van der Waals surface area (Å²) in [5, 5.41) is 8.19. The number of nitrogens with zero attached hydrogens (tertiary/aromatic N) is 4. The van der Waals surface area contributed by atoms with E-state index in [9.17, 15) is 0 Å². The average molecular weight is 271 g/mol. The first-order valence-corrected chi connectivity index (χ1v) is 7.46. The second-order valence-corrected chi connectivity index (χ2v) is 5.27. The van der Waals surface area contributed by atoms with Crippen molar-refractivity contribution >= 4 is 0 Å². The normalized spacial score (nSPS) is 18.6. The maximum atomic E-state index is 4.54. The molecule has 1 aliphatic carbocycles. The third-order valence-corrected chi connectivity index (χ3v) is 3.84. The van der Waals surface area contributed by atoms with Gasteiger partial charge in [0.05, 0.1) is 18.1 Å². The Morgan fingerprint density at radius 3 is 3.05 bits per heavy atom. The summed E-state index contributed by atoms with van der Waals surface area (Å²) in [5.74, 6) is 0.810. The molecule has 0 fully saturated rings. The highest BCUT2D eigenvalue weighted by Crippen LogP contribution is 2.29. The molecule has 2 heterocycles. The van der Waals surface area contributed by atoms with Crippen LogP contribution in [0.2, 0.25) is 0 Å². The van der Waals surface area contributed by atoms with Crippen molar-refractivity contribution in [2.75, 3.05) is 6.54 Å². The van der Waals surface area contributed by atoms with Crippen LogP contribution in [0.3, 0.4) is 0 Å². The van der Waals surface area contributed by atoms with Gasteiger partial charge in [0.15, 0.2) is 5.82 Å². The summed E-state index contributed by atoms with van der Waals surface area (Å²) in [6.45, 7) is 3.26. The Morgan fingerprint density at radius 2 is 2.25 bits per heavy atom. The van der Waals surface area contributed by atoms with Crippen molar-refractivity contribution in [2.45, 2.75) is 45.1 Å². The van der Waals surface area contributed by atoms with Crippen molar-refractivity contribution in [1.29, 1.82) is 0 Å². The topological polar surface area (TPSA) is 55.6 Å². The van der Waals surface area contributed by atoms with Gasteiger partial charge in [0, 0.05) is 24.0 Å². The zero-order valence-corrected chi connectivity index (χ0v) is 11.9. The molecule has 0 bridgehead atoms. The zero-order chi connectivity index (χ0) is 13.8.